The number of aryl methyl sites for hydroxylation is 1. The lowest BCUT2D eigenvalue weighted by atomic mass is 10.2. The number of imidazole rings is 1. The summed E-state index contributed by atoms with van der Waals surface area (Å²) in [6.45, 7) is 1.63. The Morgan fingerprint density at radius 1 is 1.32 bits per heavy atom. The molecule has 1 N–H and O–H groups in total. The largest absolute Gasteiger partial charge is 0.335 e. The molecule has 4 rings (SSSR count). The number of hydrogen-bond donors (Lipinski definition) is 1. The van der Waals surface area contributed by atoms with Gasteiger partial charge in [0.1, 0.15) is 11.2 Å². The molecule has 2 aliphatic heterocycles. The minimum atomic E-state index is 0.107. The molecule has 2 aromatic rings. The maximum absolute atomic E-state index is 12.7. The van der Waals surface area contributed by atoms with Gasteiger partial charge in [-0.15, -0.1) is 0 Å². The number of carbonyl (C=O) groups excluding carboxylic acids is 1. The van der Waals surface area contributed by atoms with Gasteiger partial charge in [0.25, 0.3) is 5.91 Å². The number of rotatable bonds is 1. The van der Waals surface area contributed by atoms with Gasteiger partial charge in [0.15, 0.2) is 0 Å². The van der Waals surface area contributed by atoms with E-state index < -0.39 is 0 Å². The summed E-state index contributed by atoms with van der Waals surface area (Å²) >= 11 is 0. The molecule has 0 radical (unpaired) electrons. The van der Waals surface area contributed by atoms with Crippen LogP contribution in [0.15, 0.2) is 18.6 Å². The molecule has 2 aromatic heterocycles. The number of piperazine rings is 1. The molecule has 2 saturated heterocycles. The zero-order valence-electron chi connectivity index (χ0n) is 10.9. The zero-order chi connectivity index (χ0) is 13.0. The van der Waals surface area contributed by atoms with Crippen molar-refractivity contribution in [2.24, 2.45) is 7.05 Å². The van der Waals surface area contributed by atoms with E-state index >= 15 is 0 Å². The highest BCUT2D eigenvalue weighted by Crippen LogP contribution is 2.22. The van der Waals surface area contributed by atoms with Crippen molar-refractivity contribution in [3.63, 3.8) is 0 Å². The van der Waals surface area contributed by atoms with E-state index in [1.54, 1.807) is 10.7 Å². The van der Waals surface area contributed by atoms with E-state index in [4.69, 9.17) is 0 Å². The highest BCUT2D eigenvalue weighted by atomic mass is 16.2. The predicted molar refractivity (Wildman–Crippen MR) is 70.0 cm³/mol. The Bertz CT molecular complexity index is 631. The molecule has 4 heterocycles. The molecule has 0 aliphatic carbocycles. The van der Waals surface area contributed by atoms with Crippen LogP contribution in [-0.2, 0) is 7.05 Å². The first kappa shape index (κ1) is 11.0. The Hall–Kier alpha value is -1.82. The fourth-order valence-corrected chi connectivity index (χ4v) is 3.33. The Labute approximate surface area is 111 Å². The van der Waals surface area contributed by atoms with Gasteiger partial charge in [-0.1, -0.05) is 0 Å². The summed E-state index contributed by atoms with van der Waals surface area (Å²) in [5.41, 5.74) is 1.57. The summed E-state index contributed by atoms with van der Waals surface area (Å²) in [7, 11) is 1.94. The van der Waals surface area contributed by atoms with Gasteiger partial charge in [0.05, 0.1) is 6.20 Å². The molecule has 0 unspecified atom stereocenters. The number of fused-ring (bicyclic) bond motifs is 3. The third-order valence-corrected chi connectivity index (χ3v) is 4.27. The van der Waals surface area contributed by atoms with Gasteiger partial charge in [0, 0.05) is 44.6 Å². The van der Waals surface area contributed by atoms with Crippen molar-refractivity contribution in [2.45, 2.75) is 24.9 Å². The van der Waals surface area contributed by atoms with Crippen LogP contribution in [0.4, 0.5) is 0 Å². The summed E-state index contributed by atoms with van der Waals surface area (Å²) in [5, 5.41) is 7.79. The number of likely N-dealkylation sites (tertiary alicyclic amines) is 1. The van der Waals surface area contributed by atoms with E-state index in [-0.39, 0.29) is 5.91 Å². The fraction of sp³-hybridized carbons (Fsp3) is 0.538. The van der Waals surface area contributed by atoms with Gasteiger partial charge in [-0.2, -0.15) is 5.10 Å². The topological polar surface area (TPSA) is 54.6 Å². The maximum atomic E-state index is 12.7. The second-order valence-electron chi connectivity index (χ2n) is 5.58. The zero-order valence-corrected chi connectivity index (χ0v) is 10.9. The molecule has 0 aromatic carbocycles. The normalized spacial score (nSPS) is 26.3. The first-order chi connectivity index (χ1) is 9.22. The van der Waals surface area contributed by atoms with Crippen LogP contribution in [0.25, 0.3) is 5.65 Å². The van der Waals surface area contributed by atoms with Gasteiger partial charge in [-0.05, 0) is 12.8 Å². The van der Waals surface area contributed by atoms with E-state index in [0.717, 1.165) is 18.7 Å². The first-order valence-electron chi connectivity index (χ1n) is 6.76. The quantitative estimate of drug-likeness (QED) is 0.798. The Kier molecular flexibility index (Phi) is 2.23. The minimum Gasteiger partial charge on any atom is -0.335 e. The van der Waals surface area contributed by atoms with Crippen LogP contribution >= 0.6 is 0 Å². The molecule has 2 aliphatic rings. The smallest absolute Gasteiger partial charge is 0.259 e. The highest BCUT2D eigenvalue weighted by Gasteiger charge is 2.35. The van der Waals surface area contributed by atoms with Gasteiger partial charge in [-0.3, -0.25) is 4.79 Å². The molecule has 0 spiro atoms. The Balaban J connectivity index is 1.68. The molecule has 19 heavy (non-hydrogen) atoms. The van der Waals surface area contributed by atoms with Crippen molar-refractivity contribution in [3.05, 3.63) is 24.2 Å². The van der Waals surface area contributed by atoms with Crippen molar-refractivity contribution in [3.8, 4) is 0 Å². The van der Waals surface area contributed by atoms with Crippen LogP contribution in [0.5, 0.6) is 0 Å². The summed E-state index contributed by atoms with van der Waals surface area (Å²) in [4.78, 5) is 14.7. The molecule has 100 valence electrons. The molecule has 2 fully saturated rings. The molecular weight excluding hydrogens is 242 g/mol. The highest BCUT2D eigenvalue weighted by molar-refractivity contribution is 6.00. The van der Waals surface area contributed by atoms with Gasteiger partial charge < -0.3 is 14.8 Å². The van der Waals surface area contributed by atoms with E-state index in [0.29, 0.717) is 17.6 Å². The van der Waals surface area contributed by atoms with Crippen molar-refractivity contribution < 1.29 is 4.79 Å². The number of nitrogens with one attached hydrogen (secondary N) is 1. The third kappa shape index (κ3) is 1.59. The monoisotopic (exact) mass is 259 g/mol. The Morgan fingerprint density at radius 3 is 2.79 bits per heavy atom. The van der Waals surface area contributed by atoms with Gasteiger partial charge in [0.2, 0.25) is 0 Å². The molecule has 2 bridgehead atoms. The minimum absolute atomic E-state index is 0.107. The van der Waals surface area contributed by atoms with Crippen LogP contribution in [0, 0.1) is 0 Å². The standard InChI is InChI=1S/C13H17N5O/c1-16-4-5-18-12(16)11(6-14-18)13(19)17-7-9-2-3-10(8-17)15-9/h4-6,9-10,15H,2-3,7-8H2,1H3/t9-,10+. The molecule has 1 amide bonds. The number of amides is 1. The third-order valence-electron chi connectivity index (χ3n) is 4.27. The SMILES string of the molecule is Cn1ccn2ncc(C(=O)N3C[C@H]4CC[C@@H](C3)N4)c12. The summed E-state index contributed by atoms with van der Waals surface area (Å²) < 4.78 is 3.70. The first-order valence-corrected chi connectivity index (χ1v) is 6.76. The lowest BCUT2D eigenvalue weighted by molar-refractivity contribution is 0.0699. The average molecular weight is 259 g/mol. The summed E-state index contributed by atoms with van der Waals surface area (Å²) in [5.74, 6) is 0.107. The number of nitrogens with zero attached hydrogens (tertiary/aromatic N) is 4. The summed E-state index contributed by atoms with van der Waals surface area (Å²) in [6.07, 6.45) is 7.83. The van der Waals surface area contributed by atoms with Crippen molar-refractivity contribution in [1.82, 2.24) is 24.4 Å². The lowest BCUT2D eigenvalue weighted by Gasteiger charge is -2.32. The van der Waals surface area contributed by atoms with Crippen LogP contribution in [0.1, 0.15) is 23.2 Å². The lowest BCUT2D eigenvalue weighted by Crippen LogP contribution is -2.53. The van der Waals surface area contributed by atoms with E-state index in [1.807, 2.05) is 28.9 Å². The second kappa shape index (κ2) is 3.84. The second-order valence-corrected chi connectivity index (χ2v) is 5.58. The molecule has 6 heteroatoms. The maximum Gasteiger partial charge on any atom is 0.259 e. The van der Waals surface area contributed by atoms with Crippen LogP contribution < -0.4 is 5.32 Å². The van der Waals surface area contributed by atoms with Crippen LogP contribution in [0.3, 0.4) is 0 Å². The summed E-state index contributed by atoms with van der Waals surface area (Å²) in [6, 6.07) is 0.948. The van der Waals surface area contributed by atoms with Gasteiger partial charge in [-0.25, -0.2) is 4.52 Å². The molecule has 6 nitrogen and oxygen atoms in total. The van der Waals surface area contributed by atoms with E-state index in [1.165, 1.54) is 12.8 Å². The fourth-order valence-electron chi connectivity index (χ4n) is 3.33. The molecule has 2 atom stereocenters. The van der Waals surface area contributed by atoms with Crippen molar-refractivity contribution in [2.75, 3.05) is 13.1 Å². The van der Waals surface area contributed by atoms with Gasteiger partial charge >= 0.3 is 0 Å². The molecular formula is C13H17N5O. The van der Waals surface area contributed by atoms with Crippen molar-refractivity contribution >= 4 is 11.6 Å². The van der Waals surface area contributed by atoms with E-state index in [9.17, 15) is 4.79 Å². The van der Waals surface area contributed by atoms with Crippen LogP contribution in [-0.4, -0.2) is 50.2 Å². The van der Waals surface area contributed by atoms with Crippen molar-refractivity contribution in [1.29, 1.82) is 0 Å². The molecule has 0 saturated carbocycles. The number of aromatic nitrogens is 3. The predicted octanol–water partition coefficient (Wildman–Crippen LogP) is 0.249. The number of carbonyl (C=O) groups is 1. The van der Waals surface area contributed by atoms with Crippen LogP contribution in [0.2, 0.25) is 0 Å². The number of hydrogen-bond acceptors (Lipinski definition) is 3. The Morgan fingerprint density at radius 2 is 2.05 bits per heavy atom. The van der Waals surface area contributed by atoms with E-state index in [2.05, 4.69) is 10.4 Å². The average Bonchev–Trinajstić information content (AvgIpc) is 3.07.